The first-order chi connectivity index (χ1) is 12.8. The Bertz CT molecular complexity index is 796. The molecule has 2 heterocycles. The SMILES string of the molecule is O=C(c1cccc(F)c1)N1CCOCC(Oc2ccc(C(F)(F)F)cn2)C1. The minimum absolute atomic E-state index is 0.00310. The number of hydrogen-bond acceptors (Lipinski definition) is 4. The molecule has 27 heavy (non-hydrogen) atoms. The van der Waals surface area contributed by atoms with Gasteiger partial charge in [-0.05, 0) is 24.3 Å². The second kappa shape index (κ2) is 7.91. The van der Waals surface area contributed by atoms with E-state index in [-0.39, 0.29) is 43.7 Å². The molecular weight excluding hydrogens is 368 g/mol. The summed E-state index contributed by atoms with van der Waals surface area (Å²) in [5.74, 6) is -0.903. The number of amides is 1. The maximum absolute atomic E-state index is 13.3. The maximum atomic E-state index is 13.3. The Kier molecular flexibility index (Phi) is 5.59. The number of benzene rings is 1. The molecule has 1 saturated heterocycles. The van der Waals surface area contributed by atoms with Gasteiger partial charge in [-0.2, -0.15) is 13.2 Å². The van der Waals surface area contributed by atoms with Gasteiger partial charge in [-0.3, -0.25) is 4.79 Å². The molecule has 1 aromatic carbocycles. The van der Waals surface area contributed by atoms with Crippen molar-refractivity contribution in [1.29, 1.82) is 0 Å². The van der Waals surface area contributed by atoms with Crippen LogP contribution in [0.3, 0.4) is 0 Å². The summed E-state index contributed by atoms with van der Waals surface area (Å²) in [4.78, 5) is 17.7. The van der Waals surface area contributed by atoms with E-state index in [4.69, 9.17) is 9.47 Å². The second-order valence-corrected chi connectivity index (χ2v) is 5.96. The number of pyridine rings is 1. The van der Waals surface area contributed by atoms with Crippen molar-refractivity contribution in [2.24, 2.45) is 0 Å². The van der Waals surface area contributed by atoms with Gasteiger partial charge in [0.25, 0.3) is 5.91 Å². The van der Waals surface area contributed by atoms with Crippen molar-refractivity contribution >= 4 is 5.91 Å². The lowest BCUT2D eigenvalue weighted by molar-refractivity contribution is -0.137. The highest BCUT2D eigenvalue weighted by Gasteiger charge is 2.31. The van der Waals surface area contributed by atoms with Gasteiger partial charge in [-0.25, -0.2) is 9.37 Å². The van der Waals surface area contributed by atoms with Crippen molar-refractivity contribution in [2.45, 2.75) is 12.3 Å². The number of hydrogen-bond donors (Lipinski definition) is 0. The highest BCUT2D eigenvalue weighted by atomic mass is 19.4. The third-order valence-electron chi connectivity index (χ3n) is 3.94. The Morgan fingerprint density at radius 2 is 2.07 bits per heavy atom. The molecule has 0 N–H and O–H groups in total. The molecule has 9 heteroatoms. The smallest absolute Gasteiger partial charge is 0.417 e. The topological polar surface area (TPSA) is 51.7 Å². The average molecular weight is 384 g/mol. The van der Waals surface area contributed by atoms with E-state index in [2.05, 4.69) is 4.98 Å². The van der Waals surface area contributed by atoms with Crippen molar-refractivity contribution in [3.63, 3.8) is 0 Å². The van der Waals surface area contributed by atoms with Crippen molar-refractivity contribution in [3.8, 4) is 5.88 Å². The molecule has 1 aliphatic rings. The number of carbonyl (C=O) groups is 1. The largest absolute Gasteiger partial charge is 0.470 e. The first-order valence-corrected chi connectivity index (χ1v) is 8.15. The number of ether oxygens (including phenoxy) is 2. The van der Waals surface area contributed by atoms with Crippen molar-refractivity contribution in [1.82, 2.24) is 9.88 Å². The third-order valence-corrected chi connectivity index (χ3v) is 3.94. The van der Waals surface area contributed by atoms with Gasteiger partial charge in [0, 0.05) is 24.4 Å². The molecule has 1 aromatic heterocycles. The van der Waals surface area contributed by atoms with Crippen molar-refractivity contribution < 1.29 is 31.8 Å². The molecule has 1 unspecified atom stereocenters. The predicted molar refractivity (Wildman–Crippen MR) is 86.8 cm³/mol. The minimum Gasteiger partial charge on any atom is -0.470 e. The summed E-state index contributed by atoms with van der Waals surface area (Å²) in [6, 6.07) is 7.31. The van der Waals surface area contributed by atoms with Gasteiger partial charge in [0.2, 0.25) is 5.88 Å². The summed E-state index contributed by atoms with van der Waals surface area (Å²) < 4.78 is 62.1. The fourth-order valence-electron chi connectivity index (χ4n) is 2.63. The number of aromatic nitrogens is 1. The third kappa shape index (κ3) is 4.94. The summed E-state index contributed by atoms with van der Waals surface area (Å²) in [6.45, 7) is 0.838. The van der Waals surface area contributed by atoms with Gasteiger partial charge in [-0.1, -0.05) is 6.07 Å². The molecule has 144 valence electrons. The van der Waals surface area contributed by atoms with Crippen LogP contribution in [-0.2, 0) is 10.9 Å². The molecule has 3 rings (SSSR count). The normalized spacial score (nSPS) is 18.1. The van der Waals surface area contributed by atoms with Crippen LogP contribution in [0.5, 0.6) is 5.88 Å². The number of nitrogens with zero attached hydrogens (tertiary/aromatic N) is 2. The van der Waals surface area contributed by atoms with Gasteiger partial charge in [-0.15, -0.1) is 0 Å². The summed E-state index contributed by atoms with van der Waals surface area (Å²) in [6.07, 6.45) is -4.41. The van der Waals surface area contributed by atoms with E-state index < -0.39 is 23.7 Å². The van der Waals surface area contributed by atoms with Crippen molar-refractivity contribution in [3.05, 3.63) is 59.5 Å². The highest BCUT2D eigenvalue weighted by molar-refractivity contribution is 5.94. The Morgan fingerprint density at radius 3 is 2.74 bits per heavy atom. The molecule has 0 saturated carbocycles. The first kappa shape index (κ1) is 19.1. The van der Waals surface area contributed by atoms with Crippen LogP contribution in [0.4, 0.5) is 17.6 Å². The number of halogens is 4. The molecule has 0 spiro atoms. The molecule has 5 nitrogen and oxygen atoms in total. The zero-order chi connectivity index (χ0) is 19.4. The van der Waals surface area contributed by atoms with Crippen LogP contribution in [0.1, 0.15) is 15.9 Å². The Morgan fingerprint density at radius 1 is 1.26 bits per heavy atom. The molecular formula is C18H16F4N2O3. The Labute approximate surface area is 152 Å². The van der Waals surface area contributed by atoms with Crippen molar-refractivity contribution in [2.75, 3.05) is 26.3 Å². The van der Waals surface area contributed by atoms with Gasteiger partial charge in [0.1, 0.15) is 11.9 Å². The van der Waals surface area contributed by atoms with Crippen LogP contribution in [0, 0.1) is 5.82 Å². The molecule has 2 aromatic rings. The van der Waals surface area contributed by atoms with E-state index >= 15 is 0 Å². The van der Waals surface area contributed by atoms with Crippen LogP contribution < -0.4 is 4.74 Å². The van der Waals surface area contributed by atoms with Crippen LogP contribution >= 0.6 is 0 Å². The predicted octanol–water partition coefficient (Wildman–Crippen LogP) is 3.16. The number of rotatable bonds is 3. The van der Waals surface area contributed by atoms with E-state index in [9.17, 15) is 22.4 Å². The molecule has 0 bridgehead atoms. The van der Waals surface area contributed by atoms with E-state index in [1.165, 1.54) is 23.1 Å². The first-order valence-electron chi connectivity index (χ1n) is 8.15. The van der Waals surface area contributed by atoms with E-state index in [0.29, 0.717) is 6.20 Å². The highest BCUT2D eigenvalue weighted by Crippen LogP contribution is 2.29. The minimum atomic E-state index is -4.48. The fourth-order valence-corrected chi connectivity index (χ4v) is 2.63. The maximum Gasteiger partial charge on any atom is 0.417 e. The van der Waals surface area contributed by atoms with Crippen LogP contribution in [0.2, 0.25) is 0 Å². The zero-order valence-electron chi connectivity index (χ0n) is 14.1. The van der Waals surface area contributed by atoms with Gasteiger partial charge in [0.15, 0.2) is 0 Å². The molecule has 1 fully saturated rings. The van der Waals surface area contributed by atoms with Gasteiger partial charge >= 0.3 is 6.18 Å². The molecule has 1 atom stereocenters. The lowest BCUT2D eigenvalue weighted by Crippen LogP contribution is -2.40. The van der Waals surface area contributed by atoms with Gasteiger partial charge < -0.3 is 14.4 Å². The molecule has 0 radical (unpaired) electrons. The summed E-state index contributed by atoms with van der Waals surface area (Å²) >= 11 is 0. The van der Waals surface area contributed by atoms with Crippen LogP contribution in [0.25, 0.3) is 0 Å². The molecule has 0 aliphatic carbocycles. The van der Waals surface area contributed by atoms with Gasteiger partial charge in [0.05, 0.1) is 25.3 Å². The van der Waals surface area contributed by atoms with E-state index in [0.717, 1.165) is 18.2 Å². The Hall–Kier alpha value is -2.68. The standard InChI is InChI=1S/C18H16F4N2O3/c19-14-3-1-2-12(8-14)17(25)24-6-7-26-11-15(10-24)27-16-5-4-13(9-23-16)18(20,21)22/h1-5,8-9,15H,6-7,10-11H2. The Balaban J connectivity index is 1.68. The van der Waals surface area contributed by atoms with E-state index in [1.54, 1.807) is 0 Å². The van der Waals surface area contributed by atoms with E-state index in [1.807, 2.05) is 0 Å². The lowest BCUT2D eigenvalue weighted by atomic mass is 10.2. The second-order valence-electron chi connectivity index (χ2n) is 5.96. The average Bonchev–Trinajstić information content (AvgIpc) is 2.86. The monoisotopic (exact) mass is 384 g/mol. The number of alkyl halides is 3. The summed E-state index contributed by atoms with van der Waals surface area (Å²) in [5, 5.41) is 0. The zero-order valence-corrected chi connectivity index (χ0v) is 14.1. The number of carbonyl (C=O) groups excluding carboxylic acids is 1. The lowest BCUT2D eigenvalue weighted by Gasteiger charge is -2.24. The summed E-state index contributed by atoms with van der Waals surface area (Å²) in [5.41, 5.74) is -0.682. The molecule has 1 aliphatic heterocycles. The molecule has 1 amide bonds. The van der Waals surface area contributed by atoms with Crippen LogP contribution in [-0.4, -0.2) is 48.2 Å². The quantitative estimate of drug-likeness (QED) is 0.763. The fraction of sp³-hybridized carbons (Fsp3) is 0.333. The van der Waals surface area contributed by atoms with Crippen LogP contribution in [0.15, 0.2) is 42.6 Å². The summed E-state index contributed by atoms with van der Waals surface area (Å²) in [7, 11) is 0.